The van der Waals surface area contributed by atoms with Gasteiger partial charge in [-0.15, -0.1) is 12.4 Å². The van der Waals surface area contributed by atoms with E-state index < -0.39 is 0 Å². The number of rotatable bonds is 7. The van der Waals surface area contributed by atoms with Gasteiger partial charge >= 0.3 is 0 Å². The number of aromatic hydroxyl groups is 1. The van der Waals surface area contributed by atoms with E-state index in [4.69, 9.17) is 23.2 Å². The molecular weight excluding hydrogens is 541 g/mol. The number of pyridine rings is 1. The molecule has 0 amide bonds. The molecule has 2 aromatic carbocycles. The Morgan fingerprint density at radius 1 is 0.974 bits per heavy atom. The lowest BCUT2D eigenvalue weighted by Gasteiger charge is -2.32. The molecule has 3 aliphatic rings. The molecule has 2 N–H and O–H groups in total. The molecule has 38 heavy (non-hydrogen) atoms. The number of carbonyl (C=O) groups excluding carboxylic acids is 1. The van der Waals surface area contributed by atoms with E-state index in [9.17, 15) is 9.90 Å². The van der Waals surface area contributed by atoms with E-state index in [-0.39, 0.29) is 39.9 Å². The SMILES string of the molecule is Cl.O=C(c1cnc2ccc(-c3cc(Cl)c(O)c(Cl)c3)cc2c1NC1CCC(CN2CCCC2)CC1)C1CC1. The summed E-state index contributed by atoms with van der Waals surface area (Å²) in [6.07, 6.45) is 11.0. The van der Waals surface area contributed by atoms with Crippen LogP contribution in [0.2, 0.25) is 10.0 Å². The second-order valence-corrected chi connectivity index (χ2v) is 11.9. The van der Waals surface area contributed by atoms with Crippen molar-refractivity contribution in [3.05, 3.63) is 52.1 Å². The smallest absolute Gasteiger partial charge is 0.169 e. The molecular formula is C30H34Cl3N3O2. The number of Topliss-reactive ketones (excluding diaryl/α,β-unsaturated/α-hetero) is 1. The molecule has 2 heterocycles. The summed E-state index contributed by atoms with van der Waals surface area (Å²) in [7, 11) is 0. The maximum absolute atomic E-state index is 13.3. The number of aromatic nitrogens is 1. The Balaban J connectivity index is 0.00000294. The molecule has 1 aliphatic heterocycles. The number of phenols is 1. The fourth-order valence-corrected chi connectivity index (χ4v) is 6.52. The summed E-state index contributed by atoms with van der Waals surface area (Å²) < 4.78 is 0. The van der Waals surface area contributed by atoms with Crippen LogP contribution >= 0.6 is 35.6 Å². The van der Waals surface area contributed by atoms with E-state index in [1.54, 1.807) is 18.3 Å². The van der Waals surface area contributed by atoms with Crippen LogP contribution in [-0.4, -0.2) is 46.4 Å². The number of halogens is 3. The normalized spacial score (nSPS) is 21.8. The van der Waals surface area contributed by atoms with Gasteiger partial charge in [0.25, 0.3) is 0 Å². The van der Waals surface area contributed by atoms with Gasteiger partial charge < -0.3 is 15.3 Å². The molecule has 2 aliphatic carbocycles. The van der Waals surface area contributed by atoms with Crippen molar-refractivity contribution in [2.45, 2.75) is 57.4 Å². The highest BCUT2D eigenvalue weighted by Gasteiger charge is 2.33. The second-order valence-electron chi connectivity index (χ2n) is 11.1. The number of ketones is 1. The lowest BCUT2D eigenvalue weighted by molar-refractivity contribution is 0.0968. The Kier molecular flexibility index (Phi) is 8.39. The summed E-state index contributed by atoms with van der Waals surface area (Å²) in [5, 5.41) is 15.2. The first kappa shape index (κ1) is 27.5. The van der Waals surface area contributed by atoms with Gasteiger partial charge in [0.05, 0.1) is 26.8 Å². The fourth-order valence-electron chi connectivity index (χ4n) is 6.04. The molecule has 1 saturated heterocycles. The minimum absolute atomic E-state index is 0. The van der Waals surface area contributed by atoms with E-state index >= 15 is 0 Å². The molecule has 0 spiro atoms. The minimum atomic E-state index is -0.116. The number of hydrogen-bond acceptors (Lipinski definition) is 5. The van der Waals surface area contributed by atoms with E-state index in [2.05, 4.69) is 21.3 Å². The van der Waals surface area contributed by atoms with Crippen LogP contribution in [-0.2, 0) is 0 Å². The average Bonchev–Trinajstić information content (AvgIpc) is 3.64. The molecule has 2 saturated carbocycles. The third-order valence-electron chi connectivity index (χ3n) is 8.34. The zero-order valence-corrected chi connectivity index (χ0v) is 23.7. The first-order valence-corrected chi connectivity index (χ1v) is 14.4. The van der Waals surface area contributed by atoms with Crippen LogP contribution in [0.3, 0.4) is 0 Å². The summed E-state index contributed by atoms with van der Waals surface area (Å²) in [6.45, 7) is 3.75. The summed E-state index contributed by atoms with van der Waals surface area (Å²) in [5.74, 6) is 0.970. The number of nitrogens with zero attached hydrogens (tertiary/aromatic N) is 2. The number of phenolic OH excluding ortho intramolecular Hbond substituents is 1. The van der Waals surface area contributed by atoms with Crippen molar-refractivity contribution in [2.75, 3.05) is 25.0 Å². The quantitative estimate of drug-likeness (QED) is 0.280. The van der Waals surface area contributed by atoms with Crippen LogP contribution < -0.4 is 5.32 Å². The Bertz CT molecular complexity index is 1310. The summed E-state index contributed by atoms with van der Waals surface area (Å²) >= 11 is 12.4. The molecule has 0 atom stereocenters. The van der Waals surface area contributed by atoms with Gasteiger partial charge in [-0.25, -0.2) is 0 Å². The molecule has 5 nitrogen and oxygen atoms in total. The van der Waals surface area contributed by atoms with Gasteiger partial charge in [-0.1, -0.05) is 29.3 Å². The summed E-state index contributed by atoms with van der Waals surface area (Å²) in [6, 6.07) is 9.78. The van der Waals surface area contributed by atoms with Crippen molar-refractivity contribution in [1.82, 2.24) is 9.88 Å². The molecule has 202 valence electrons. The Hall–Kier alpha value is -2.05. The largest absolute Gasteiger partial charge is 0.505 e. The van der Waals surface area contributed by atoms with Gasteiger partial charge in [-0.05, 0) is 106 Å². The average molecular weight is 575 g/mol. The molecule has 0 bridgehead atoms. The molecule has 3 fully saturated rings. The highest BCUT2D eigenvalue weighted by Crippen LogP contribution is 2.41. The zero-order chi connectivity index (χ0) is 25.5. The Labute approximate surface area is 240 Å². The van der Waals surface area contributed by atoms with Gasteiger partial charge in [0.1, 0.15) is 0 Å². The van der Waals surface area contributed by atoms with E-state index in [1.807, 2.05) is 12.1 Å². The summed E-state index contributed by atoms with van der Waals surface area (Å²) in [5.41, 5.74) is 4.17. The highest BCUT2D eigenvalue weighted by atomic mass is 35.5. The molecule has 1 aromatic heterocycles. The fraction of sp³-hybridized carbons (Fsp3) is 0.467. The second kappa shape index (κ2) is 11.6. The topological polar surface area (TPSA) is 65.5 Å². The van der Waals surface area contributed by atoms with Crippen LogP contribution in [0.5, 0.6) is 5.75 Å². The van der Waals surface area contributed by atoms with Gasteiger partial charge in [-0.2, -0.15) is 0 Å². The number of carbonyl (C=O) groups is 1. The van der Waals surface area contributed by atoms with Crippen LogP contribution in [0.1, 0.15) is 61.7 Å². The lowest BCUT2D eigenvalue weighted by atomic mass is 9.85. The van der Waals surface area contributed by atoms with Gasteiger partial charge in [-0.3, -0.25) is 9.78 Å². The molecule has 0 unspecified atom stereocenters. The zero-order valence-electron chi connectivity index (χ0n) is 21.4. The molecule has 3 aromatic rings. The van der Waals surface area contributed by atoms with Crippen molar-refractivity contribution >= 4 is 58.0 Å². The molecule has 6 rings (SSSR count). The van der Waals surface area contributed by atoms with Crippen molar-refractivity contribution in [3.63, 3.8) is 0 Å². The first-order valence-electron chi connectivity index (χ1n) is 13.6. The number of nitrogens with one attached hydrogen (secondary N) is 1. The van der Waals surface area contributed by atoms with Crippen molar-refractivity contribution in [1.29, 1.82) is 0 Å². The highest BCUT2D eigenvalue weighted by molar-refractivity contribution is 6.37. The molecule has 8 heteroatoms. The number of anilines is 1. The van der Waals surface area contributed by atoms with Crippen LogP contribution in [0.25, 0.3) is 22.0 Å². The van der Waals surface area contributed by atoms with Gasteiger partial charge in [0.15, 0.2) is 11.5 Å². The van der Waals surface area contributed by atoms with Gasteiger partial charge in [0, 0.05) is 30.1 Å². The Morgan fingerprint density at radius 2 is 1.66 bits per heavy atom. The standard InChI is InChI=1S/C30H33Cl2N3O2.ClH/c31-25-14-21(15-26(32)30(25)37)20-7-10-27-23(13-20)28(24(16-33-27)29(36)19-5-6-19)34-22-8-3-18(4-9-22)17-35-11-1-2-12-35;/h7,10,13-16,18-19,22,37H,1-6,8-9,11-12,17H2,(H,33,34);1H. The van der Waals surface area contributed by atoms with Crippen molar-refractivity contribution < 1.29 is 9.90 Å². The third kappa shape index (κ3) is 5.77. The number of hydrogen-bond donors (Lipinski definition) is 2. The van der Waals surface area contributed by atoms with E-state index in [0.717, 1.165) is 59.3 Å². The lowest BCUT2D eigenvalue weighted by Crippen LogP contribution is -2.33. The van der Waals surface area contributed by atoms with Crippen LogP contribution in [0, 0.1) is 11.8 Å². The summed E-state index contributed by atoms with van der Waals surface area (Å²) in [4.78, 5) is 20.6. The Morgan fingerprint density at radius 3 is 2.32 bits per heavy atom. The maximum Gasteiger partial charge on any atom is 0.169 e. The predicted octanol–water partition coefficient (Wildman–Crippen LogP) is 8.00. The third-order valence-corrected chi connectivity index (χ3v) is 8.92. The van der Waals surface area contributed by atoms with E-state index in [0.29, 0.717) is 11.6 Å². The van der Waals surface area contributed by atoms with Crippen molar-refractivity contribution in [2.24, 2.45) is 11.8 Å². The minimum Gasteiger partial charge on any atom is -0.505 e. The number of benzene rings is 2. The van der Waals surface area contributed by atoms with Crippen LogP contribution in [0.4, 0.5) is 5.69 Å². The number of likely N-dealkylation sites (tertiary alicyclic amines) is 1. The van der Waals surface area contributed by atoms with Crippen molar-refractivity contribution in [3.8, 4) is 16.9 Å². The number of fused-ring (bicyclic) bond motifs is 1. The van der Waals surface area contributed by atoms with Gasteiger partial charge in [0.2, 0.25) is 0 Å². The van der Waals surface area contributed by atoms with Crippen LogP contribution in [0.15, 0.2) is 36.5 Å². The first-order chi connectivity index (χ1) is 18.0. The molecule has 0 radical (unpaired) electrons. The maximum atomic E-state index is 13.3. The van der Waals surface area contributed by atoms with E-state index in [1.165, 1.54) is 45.3 Å². The predicted molar refractivity (Wildman–Crippen MR) is 158 cm³/mol. The monoisotopic (exact) mass is 573 g/mol.